The van der Waals surface area contributed by atoms with E-state index in [1.165, 1.54) is 70.4 Å². The molecule has 0 atom stereocenters. The van der Waals surface area contributed by atoms with Crippen molar-refractivity contribution in [3.63, 3.8) is 0 Å². The van der Waals surface area contributed by atoms with Crippen molar-refractivity contribution in [3.05, 3.63) is 211 Å². The van der Waals surface area contributed by atoms with Gasteiger partial charge in [0.1, 0.15) is 0 Å². The van der Waals surface area contributed by atoms with Crippen molar-refractivity contribution in [2.45, 2.75) is 19.3 Å². The first-order valence-corrected chi connectivity index (χ1v) is 22.5. The number of rotatable bonds is 5. The van der Waals surface area contributed by atoms with Gasteiger partial charge in [-0.05, 0) is 56.0 Å². The van der Waals surface area contributed by atoms with E-state index >= 15 is 0 Å². The normalized spacial score (nSPS) is 14.2. The average molecular weight is 770 g/mol. The second kappa shape index (κ2) is 12.7. The van der Waals surface area contributed by atoms with Gasteiger partial charge < -0.3 is 4.57 Å². The van der Waals surface area contributed by atoms with Crippen LogP contribution >= 0.6 is 0 Å². The molecule has 0 spiro atoms. The summed E-state index contributed by atoms with van der Waals surface area (Å²) >= 11 is 0. The minimum absolute atomic E-state index is 0.185. The quantitative estimate of drug-likeness (QED) is 0.163. The molecule has 10 aromatic rings. The van der Waals surface area contributed by atoms with Crippen LogP contribution < -0.4 is 20.7 Å². The van der Waals surface area contributed by atoms with Crippen LogP contribution in [0.2, 0.25) is 0 Å². The first-order chi connectivity index (χ1) is 29.0. The van der Waals surface area contributed by atoms with Gasteiger partial charge in [-0.15, -0.1) is 0 Å². The number of nitrogens with zero attached hydrogens (tertiary/aromatic N) is 3. The van der Waals surface area contributed by atoms with Gasteiger partial charge in [0.25, 0.3) is 0 Å². The number of hydrogen-bond donors (Lipinski definition) is 0. The number of benzene rings is 8. The highest BCUT2D eigenvalue weighted by Crippen LogP contribution is 2.53. The Balaban J connectivity index is 1.19. The molecule has 3 nitrogen and oxygen atoms in total. The van der Waals surface area contributed by atoms with Crippen molar-refractivity contribution in [1.29, 1.82) is 0 Å². The average Bonchev–Trinajstić information content (AvgIpc) is 3.88. The van der Waals surface area contributed by atoms with E-state index in [0.29, 0.717) is 0 Å². The Bertz CT molecular complexity index is 3250. The topological polar surface area (TPSA) is 30.7 Å². The van der Waals surface area contributed by atoms with Crippen LogP contribution in [0.25, 0.3) is 72.5 Å². The first kappa shape index (κ1) is 33.9. The number of hydrogen-bond acceptors (Lipinski definition) is 2. The third-order valence-corrected chi connectivity index (χ3v) is 17.9. The Morgan fingerprint density at radius 1 is 0.475 bits per heavy atom. The van der Waals surface area contributed by atoms with E-state index in [0.717, 1.165) is 34.0 Å². The summed E-state index contributed by atoms with van der Waals surface area (Å²) in [5, 5.41) is 7.77. The highest BCUT2D eigenvalue weighted by atomic mass is 28.3. The first-order valence-electron chi connectivity index (χ1n) is 20.5. The zero-order chi connectivity index (χ0) is 39.3. The van der Waals surface area contributed by atoms with E-state index in [1.807, 2.05) is 0 Å². The molecule has 59 heavy (non-hydrogen) atoms. The molecule has 1 aliphatic carbocycles. The fraction of sp³-hybridized carbons (Fsp3) is 0.0545. The Labute approximate surface area is 345 Å². The van der Waals surface area contributed by atoms with Crippen LogP contribution in [-0.2, 0) is 5.41 Å². The van der Waals surface area contributed by atoms with E-state index in [9.17, 15) is 0 Å². The van der Waals surface area contributed by atoms with Crippen LogP contribution in [0, 0.1) is 0 Å². The summed E-state index contributed by atoms with van der Waals surface area (Å²) < 4.78 is 2.52. The Hall–Kier alpha value is -7.14. The molecule has 0 unspecified atom stereocenters. The predicted octanol–water partition coefficient (Wildman–Crippen LogP) is 10.6. The van der Waals surface area contributed by atoms with Gasteiger partial charge in [0.15, 0.2) is 13.9 Å². The molecule has 0 amide bonds. The molecule has 0 fully saturated rings. The molecule has 8 aromatic carbocycles. The molecular formula is C55H39N3Si. The number of fused-ring (bicyclic) bond motifs is 10. The maximum atomic E-state index is 5.68. The maximum Gasteiger partial charge on any atom is 0.185 e. The van der Waals surface area contributed by atoms with Crippen LogP contribution in [0.3, 0.4) is 0 Å². The highest BCUT2D eigenvalue weighted by Gasteiger charge is 2.51. The van der Waals surface area contributed by atoms with Crippen molar-refractivity contribution in [2.24, 2.45) is 0 Å². The van der Waals surface area contributed by atoms with E-state index in [2.05, 4.69) is 219 Å². The van der Waals surface area contributed by atoms with Crippen LogP contribution in [0.15, 0.2) is 200 Å². The van der Waals surface area contributed by atoms with Crippen molar-refractivity contribution < 1.29 is 0 Å². The Kier molecular flexibility index (Phi) is 7.29. The number of para-hydroxylation sites is 1. The maximum absolute atomic E-state index is 5.68. The second-order valence-corrected chi connectivity index (χ2v) is 20.2. The smallest absolute Gasteiger partial charge is 0.185 e. The molecule has 1 aliphatic heterocycles. The predicted molar refractivity (Wildman–Crippen MR) is 247 cm³/mol. The van der Waals surface area contributed by atoms with Gasteiger partial charge in [0.05, 0.1) is 22.4 Å². The van der Waals surface area contributed by atoms with Gasteiger partial charge in [-0.2, -0.15) is 0 Å². The van der Waals surface area contributed by atoms with Crippen LogP contribution in [0.5, 0.6) is 0 Å². The van der Waals surface area contributed by atoms with E-state index in [4.69, 9.17) is 9.97 Å². The van der Waals surface area contributed by atoms with E-state index in [1.54, 1.807) is 0 Å². The fourth-order valence-electron chi connectivity index (χ4n) is 10.6. The summed E-state index contributed by atoms with van der Waals surface area (Å²) in [4.78, 5) is 11.2. The van der Waals surface area contributed by atoms with Gasteiger partial charge in [0.2, 0.25) is 0 Å². The molecule has 3 heterocycles. The standard InChI is InChI=1S/C55H39N3Si/c1-55(2)46-30-15-12-27-41(46)43-33-34-44-42-28-13-16-31-47(42)58(52(44)49(43)55)38-22-18-21-37(35-38)50-53-51(57-54(56-50)36-19-6-3-7-20-36)45-29-14-17-32-48(45)59(53,39-23-8-4-9-24-39)40-25-10-5-11-26-40/h3-35H,1-2H3. The van der Waals surface area contributed by atoms with Gasteiger partial charge in [-0.25, -0.2) is 9.97 Å². The number of aromatic nitrogens is 3. The zero-order valence-electron chi connectivity index (χ0n) is 32.9. The summed E-state index contributed by atoms with van der Waals surface area (Å²) in [6.07, 6.45) is 0. The molecule has 4 heteroatoms. The highest BCUT2D eigenvalue weighted by molar-refractivity contribution is 7.22. The van der Waals surface area contributed by atoms with Crippen LogP contribution in [0.4, 0.5) is 0 Å². The third kappa shape index (κ3) is 4.69. The monoisotopic (exact) mass is 769 g/mol. The van der Waals surface area contributed by atoms with Crippen LogP contribution in [-0.4, -0.2) is 22.6 Å². The van der Waals surface area contributed by atoms with E-state index in [-0.39, 0.29) is 5.41 Å². The molecule has 0 saturated carbocycles. The second-order valence-electron chi connectivity index (χ2n) is 16.5. The van der Waals surface area contributed by atoms with Crippen molar-refractivity contribution in [2.75, 3.05) is 0 Å². The third-order valence-electron chi connectivity index (χ3n) is 13.0. The molecular weight excluding hydrogens is 731 g/mol. The lowest BCUT2D eigenvalue weighted by molar-refractivity contribution is 0.664. The SMILES string of the molecule is CC1(C)c2ccccc2-c2ccc3c4ccccc4n(-c4cccc(-c5nc(-c6ccccc6)nc6c5[Si](c5ccccc5)(c5ccccc5)c5ccccc5-6)c4)c3c21. The zero-order valence-corrected chi connectivity index (χ0v) is 33.9. The Morgan fingerprint density at radius 2 is 1.08 bits per heavy atom. The lowest BCUT2D eigenvalue weighted by atomic mass is 9.81. The lowest BCUT2D eigenvalue weighted by Gasteiger charge is -2.32. The molecule has 2 aliphatic rings. The molecule has 0 radical (unpaired) electrons. The summed E-state index contributed by atoms with van der Waals surface area (Å²) in [6.45, 7) is 4.78. The van der Waals surface area contributed by atoms with Crippen molar-refractivity contribution >= 4 is 50.6 Å². The van der Waals surface area contributed by atoms with Gasteiger partial charge in [0, 0.05) is 43.8 Å². The van der Waals surface area contributed by atoms with E-state index < -0.39 is 8.07 Å². The molecule has 0 bridgehead atoms. The summed E-state index contributed by atoms with van der Waals surface area (Å²) in [6, 6.07) is 73.4. The molecule has 12 rings (SSSR count). The lowest BCUT2D eigenvalue weighted by Crippen LogP contribution is -2.73. The summed E-state index contributed by atoms with van der Waals surface area (Å²) in [7, 11) is -2.95. The minimum atomic E-state index is -2.95. The van der Waals surface area contributed by atoms with Gasteiger partial charge in [-0.3, -0.25) is 0 Å². The minimum Gasteiger partial charge on any atom is -0.309 e. The fourth-order valence-corrected chi connectivity index (χ4v) is 15.8. The van der Waals surface area contributed by atoms with Crippen molar-refractivity contribution in [1.82, 2.24) is 14.5 Å². The molecule has 0 saturated heterocycles. The van der Waals surface area contributed by atoms with Crippen LogP contribution in [0.1, 0.15) is 25.0 Å². The van der Waals surface area contributed by atoms with Gasteiger partial charge in [-0.1, -0.05) is 196 Å². The largest absolute Gasteiger partial charge is 0.309 e. The molecule has 278 valence electrons. The van der Waals surface area contributed by atoms with Gasteiger partial charge >= 0.3 is 0 Å². The van der Waals surface area contributed by atoms with Crippen molar-refractivity contribution in [3.8, 4) is 50.7 Å². The Morgan fingerprint density at radius 3 is 1.85 bits per heavy atom. The summed E-state index contributed by atoms with van der Waals surface area (Å²) in [5.41, 5.74) is 14.1. The molecule has 0 N–H and O–H groups in total. The summed E-state index contributed by atoms with van der Waals surface area (Å²) in [5.74, 6) is 0.736. The molecule has 2 aromatic heterocycles.